The highest BCUT2D eigenvalue weighted by atomic mass is 16.7. The summed E-state index contributed by atoms with van der Waals surface area (Å²) in [6.45, 7) is 7.85. The van der Waals surface area contributed by atoms with Crippen LogP contribution in [0.5, 0.6) is 0 Å². The molecule has 1 saturated heterocycles. The smallest absolute Gasteiger partial charge is 0.469 e. The number of hydrogen-bond donors (Lipinski definition) is 1. The Balaban J connectivity index is 2.09. The minimum Gasteiger partial charge on any atom is -0.469 e. The molecule has 1 N–H and O–H groups in total. The molecule has 1 fully saturated rings. The van der Waals surface area contributed by atoms with E-state index in [1.165, 1.54) is 14.2 Å². The van der Waals surface area contributed by atoms with E-state index in [0.29, 0.717) is 5.56 Å². The van der Waals surface area contributed by atoms with Crippen LogP contribution in [-0.4, -0.2) is 56.4 Å². The lowest BCUT2D eigenvalue weighted by molar-refractivity contribution is -0.149. The lowest BCUT2D eigenvalue weighted by Gasteiger charge is -2.32. The Morgan fingerprint density at radius 3 is 2.00 bits per heavy atom. The fraction of sp³-hybridized carbons (Fsp3) is 0.526. The van der Waals surface area contributed by atoms with Crippen LogP contribution in [0.3, 0.4) is 0 Å². The Labute approximate surface area is 165 Å². The molecule has 2 rings (SSSR count). The van der Waals surface area contributed by atoms with E-state index >= 15 is 0 Å². The van der Waals surface area contributed by atoms with E-state index in [1.54, 1.807) is 24.3 Å². The highest BCUT2D eigenvalue weighted by molar-refractivity contribution is 6.62. The monoisotopic (exact) mass is 391 g/mol. The van der Waals surface area contributed by atoms with E-state index in [4.69, 9.17) is 9.31 Å². The molecule has 1 heterocycles. The second-order valence-electron chi connectivity index (χ2n) is 7.54. The van der Waals surface area contributed by atoms with Crippen molar-refractivity contribution in [1.29, 1.82) is 0 Å². The van der Waals surface area contributed by atoms with Crippen LogP contribution in [0.1, 0.15) is 44.5 Å². The maximum Gasteiger partial charge on any atom is 0.494 e. The van der Waals surface area contributed by atoms with Gasteiger partial charge in [0.2, 0.25) is 0 Å². The second-order valence-corrected chi connectivity index (χ2v) is 7.54. The summed E-state index contributed by atoms with van der Waals surface area (Å²) in [5, 5.41) is 2.49. The first-order valence-corrected chi connectivity index (χ1v) is 8.92. The van der Waals surface area contributed by atoms with Gasteiger partial charge >= 0.3 is 19.1 Å². The molecule has 0 spiro atoms. The summed E-state index contributed by atoms with van der Waals surface area (Å²) in [5.74, 6) is -1.88. The van der Waals surface area contributed by atoms with Crippen molar-refractivity contribution < 1.29 is 33.2 Å². The van der Waals surface area contributed by atoms with Crippen molar-refractivity contribution >= 4 is 30.4 Å². The van der Waals surface area contributed by atoms with E-state index in [2.05, 4.69) is 14.8 Å². The first kappa shape index (κ1) is 21.9. The summed E-state index contributed by atoms with van der Waals surface area (Å²) in [7, 11) is 1.84. The molecule has 0 saturated carbocycles. The molecule has 1 aliphatic rings. The zero-order valence-corrected chi connectivity index (χ0v) is 17.0. The van der Waals surface area contributed by atoms with E-state index < -0.39 is 42.2 Å². The van der Waals surface area contributed by atoms with Gasteiger partial charge in [-0.25, -0.2) is 4.79 Å². The van der Waals surface area contributed by atoms with Gasteiger partial charge in [-0.2, -0.15) is 0 Å². The summed E-state index contributed by atoms with van der Waals surface area (Å²) >= 11 is 0. The molecule has 152 valence electrons. The lowest BCUT2D eigenvalue weighted by atomic mass is 9.79. The molecule has 9 heteroatoms. The average molecular weight is 391 g/mol. The van der Waals surface area contributed by atoms with E-state index in [1.807, 2.05) is 27.7 Å². The van der Waals surface area contributed by atoms with Gasteiger partial charge in [0.15, 0.2) is 0 Å². The van der Waals surface area contributed by atoms with Gasteiger partial charge in [0, 0.05) is 5.56 Å². The number of rotatable bonds is 6. The van der Waals surface area contributed by atoms with Crippen molar-refractivity contribution in [2.24, 2.45) is 0 Å². The van der Waals surface area contributed by atoms with Crippen molar-refractivity contribution in [3.63, 3.8) is 0 Å². The number of carbonyl (C=O) groups excluding carboxylic acids is 3. The summed E-state index contributed by atoms with van der Waals surface area (Å²) in [6, 6.07) is 5.52. The number of ether oxygens (including phenoxy) is 2. The van der Waals surface area contributed by atoms with Crippen molar-refractivity contribution in [3.8, 4) is 0 Å². The SMILES string of the molecule is COC(=O)C[C@@H](NC(=O)c1ccc(B2OC(C)(C)C(C)(C)O2)cc1)C(=O)OC. The number of carbonyl (C=O) groups is 3. The highest BCUT2D eigenvalue weighted by Crippen LogP contribution is 2.36. The zero-order chi connectivity index (χ0) is 21.1. The minimum atomic E-state index is -1.13. The number of amides is 1. The Bertz CT molecular complexity index is 729. The van der Waals surface area contributed by atoms with Gasteiger partial charge in [-0.3, -0.25) is 9.59 Å². The van der Waals surface area contributed by atoms with Crippen LogP contribution in [0.25, 0.3) is 0 Å². The zero-order valence-electron chi connectivity index (χ0n) is 17.0. The molecule has 8 nitrogen and oxygen atoms in total. The Kier molecular flexibility index (Phi) is 6.51. The standard InChI is InChI=1S/C19H26BNO7/c1-18(2)19(3,4)28-20(27-18)13-9-7-12(8-10-13)16(23)21-14(17(24)26-6)11-15(22)25-5/h7-10,14H,11H2,1-6H3,(H,21,23)/t14-/m1/s1. The topological polar surface area (TPSA) is 100 Å². The van der Waals surface area contributed by atoms with Crippen LogP contribution >= 0.6 is 0 Å². The van der Waals surface area contributed by atoms with Gasteiger partial charge in [0.05, 0.1) is 31.8 Å². The number of benzene rings is 1. The minimum absolute atomic E-state index is 0.319. The van der Waals surface area contributed by atoms with Gasteiger partial charge in [-0.15, -0.1) is 0 Å². The molecule has 1 aromatic rings. The number of hydrogen-bond acceptors (Lipinski definition) is 7. The van der Waals surface area contributed by atoms with Crippen molar-refractivity contribution in [3.05, 3.63) is 29.8 Å². The summed E-state index contributed by atoms with van der Waals surface area (Å²) in [6.07, 6.45) is -0.319. The normalized spacial score (nSPS) is 18.3. The van der Waals surface area contributed by atoms with Crippen LogP contribution in [0.15, 0.2) is 24.3 Å². The fourth-order valence-corrected chi connectivity index (χ4v) is 2.60. The predicted molar refractivity (Wildman–Crippen MR) is 102 cm³/mol. The third-order valence-electron chi connectivity index (χ3n) is 5.09. The van der Waals surface area contributed by atoms with Crippen LogP contribution in [0, 0.1) is 0 Å². The molecule has 28 heavy (non-hydrogen) atoms. The Hall–Kier alpha value is -2.39. The summed E-state index contributed by atoms with van der Waals surface area (Å²) < 4.78 is 21.1. The number of methoxy groups -OCH3 is 2. The van der Waals surface area contributed by atoms with Crippen LogP contribution in [-0.2, 0) is 28.4 Å². The van der Waals surface area contributed by atoms with Crippen LogP contribution < -0.4 is 10.8 Å². The van der Waals surface area contributed by atoms with E-state index in [0.717, 1.165) is 5.46 Å². The fourth-order valence-electron chi connectivity index (χ4n) is 2.60. The Morgan fingerprint density at radius 1 is 1.00 bits per heavy atom. The molecule has 1 aromatic carbocycles. The third kappa shape index (κ3) is 4.71. The first-order valence-electron chi connectivity index (χ1n) is 8.92. The maximum atomic E-state index is 12.5. The molecule has 0 radical (unpaired) electrons. The maximum absolute atomic E-state index is 12.5. The lowest BCUT2D eigenvalue weighted by Crippen LogP contribution is -2.43. The van der Waals surface area contributed by atoms with Gasteiger partial charge in [-0.05, 0) is 45.3 Å². The number of nitrogens with one attached hydrogen (secondary N) is 1. The summed E-state index contributed by atoms with van der Waals surface area (Å²) in [4.78, 5) is 35.7. The van der Waals surface area contributed by atoms with E-state index in [-0.39, 0.29) is 6.42 Å². The van der Waals surface area contributed by atoms with Crippen molar-refractivity contribution in [2.45, 2.75) is 51.4 Å². The van der Waals surface area contributed by atoms with Crippen molar-refractivity contribution in [2.75, 3.05) is 14.2 Å². The largest absolute Gasteiger partial charge is 0.494 e. The molecule has 0 aromatic heterocycles. The van der Waals surface area contributed by atoms with Crippen LogP contribution in [0.2, 0.25) is 0 Å². The van der Waals surface area contributed by atoms with Gasteiger partial charge in [-0.1, -0.05) is 12.1 Å². The first-order chi connectivity index (χ1) is 13.0. The molecular weight excluding hydrogens is 365 g/mol. The van der Waals surface area contributed by atoms with E-state index in [9.17, 15) is 14.4 Å². The quantitative estimate of drug-likeness (QED) is 0.566. The predicted octanol–water partition coefficient (Wildman–Crippen LogP) is 0.820. The molecule has 0 aliphatic carbocycles. The van der Waals surface area contributed by atoms with Gasteiger partial charge < -0.3 is 24.1 Å². The second kappa shape index (κ2) is 8.32. The molecular formula is C19H26BNO7. The molecule has 1 atom stereocenters. The van der Waals surface area contributed by atoms with Gasteiger partial charge in [0.25, 0.3) is 5.91 Å². The number of esters is 2. The molecule has 0 unspecified atom stereocenters. The average Bonchev–Trinajstić information content (AvgIpc) is 2.87. The molecule has 0 bridgehead atoms. The van der Waals surface area contributed by atoms with Gasteiger partial charge in [0.1, 0.15) is 6.04 Å². The highest BCUT2D eigenvalue weighted by Gasteiger charge is 2.51. The third-order valence-corrected chi connectivity index (χ3v) is 5.09. The van der Waals surface area contributed by atoms with Crippen molar-refractivity contribution in [1.82, 2.24) is 5.32 Å². The molecule has 1 amide bonds. The molecule has 1 aliphatic heterocycles. The Morgan fingerprint density at radius 2 is 1.54 bits per heavy atom. The van der Waals surface area contributed by atoms with Crippen LogP contribution in [0.4, 0.5) is 0 Å². The summed E-state index contributed by atoms with van der Waals surface area (Å²) in [5.41, 5.74) is 0.165.